The van der Waals surface area contributed by atoms with Crippen molar-refractivity contribution in [3.8, 4) is 0 Å². The molecule has 2 N–H and O–H groups in total. The Morgan fingerprint density at radius 1 is 1.38 bits per heavy atom. The standard InChI is InChI=1S/C13H21BrN2/c1-4-10(3)16(5-2)12-7-6-11(9-15)13(14)8-12/h6-8,10H,4-5,9,15H2,1-3H3. The van der Waals surface area contributed by atoms with Crippen LogP contribution in [0.3, 0.4) is 0 Å². The summed E-state index contributed by atoms with van der Waals surface area (Å²) in [6, 6.07) is 6.99. The van der Waals surface area contributed by atoms with Crippen LogP contribution in [0, 0.1) is 0 Å². The minimum Gasteiger partial charge on any atom is -0.369 e. The molecule has 0 saturated carbocycles. The van der Waals surface area contributed by atoms with Gasteiger partial charge in [-0.05, 0) is 38.0 Å². The number of halogens is 1. The minimum atomic E-state index is 0.570. The Labute approximate surface area is 107 Å². The van der Waals surface area contributed by atoms with Gasteiger partial charge in [-0.2, -0.15) is 0 Å². The fraction of sp³-hybridized carbons (Fsp3) is 0.538. The van der Waals surface area contributed by atoms with Crippen LogP contribution in [0.15, 0.2) is 22.7 Å². The van der Waals surface area contributed by atoms with Crippen LogP contribution in [0.5, 0.6) is 0 Å². The molecule has 3 heteroatoms. The Kier molecular flexibility index (Phi) is 5.29. The van der Waals surface area contributed by atoms with Gasteiger partial charge in [0.1, 0.15) is 0 Å². The van der Waals surface area contributed by atoms with E-state index in [1.54, 1.807) is 0 Å². The summed E-state index contributed by atoms with van der Waals surface area (Å²) in [4.78, 5) is 2.41. The molecular weight excluding hydrogens is 264 g/mol. The number of rotatable bonds is 5. The third-order valence-corrected chi connectivity index (χ3v) is 3.79. The molecule has 90 valence electrons. The highest BCUT2D eigenvalue weighted by Gasteiger charge is 2.11. The first kappa shape index (κ1) is 13.5. The maximum absolute atomic E-state index is 5.65. The number of hydrogen-bond acceptors (Lipinski definition) is 2. The second kappa shape index (κ2) is 6.26. The second-order valence-corrected chi connectivity index (χ2v) is 4.88. The van der Waals surface area contributed by atoms with E-state index in [9.17, 15) is 0 Å². The van der Waals surface area contributed by atoms with Crippen LogP contribution in [0.4, 0.5) is 5.69 Å². The first-order valence-electron chi connectivity index (χ1n) is 5.89. The topological polar surface area (TPSA) is 29.3 Å². The van der Waals surface area contributed by atoms with E-state index in [0.29, 0.717) is 12.6 Å². The normalized spacial score (nSPS) is 12.6. The molecule has 0 aromatic heterocycles. The van der Waals surface area contributed by atoms with Crippen molar-refractivity contribution in [1.29, 1.82) is 0 Å². The van der Waals surface area contributed by atoms with Gasteiger partial charge in [-0.15, -0.1) is 0 Å². The highest BCUT2D eigenvalue weighted by Crippen LogP contribution is 2.25. The monoisotopic (exact) mass is 284 g/mol. The van der Waals surface area contributed by atoms with Gasteiger partial charge in [0.25, 0.3) is 0 Å². The second-order valence-electron chi connectivity index (χ2n) is 4.02. The van der Waals surface area contributed by atoms with E-state index >= 15 is 0 Å². The largest absolute Gasteiger partial charge is 0.369 e. The average molecular weight is 285 g/mol. The molecule has 0 radical (unpaired) electrons. The summed E-state index contributed by atoms with van der Waals surface area (Å²) in [5.74, 6) is 0. The van der Waals surface area contributed by atoms with Gasteiger partial charge >= 0.3 is 0 Å². The van der Waals surface area contributed by atoms with Crippen molar-refractivity contribution < 1.29 is 0 Å². The van der Waals surface area contributed by atoms with Gasteiger partial charge in [-0.1, -0.05) is 28.9 Å². The van der Waals surface area contributed by atoms with Crippen LogP contribution in [0.2, 0.25) is 0 Å². The summed E-state index contributed by atoms with van der Waals surface area (Å²) in [5, 5.41) is 0. The van der Waals surface area contributed by atoms with Crippen LogP contribution >= 0.6 is 15.9 Å². The third kappa shape index (κ3) is 2.98. The fourth-order valence-electron chi connectivity index (χ4n) is 1.85. The van der Waals surface area contributed by atoms with Gasteiger partial charge in [0, 0.05) is 29.3 Å². The average Bonchev–Trinajstić information content (AvgIpc) is 2.30. The van der Waals surface area contributed by atoms with Crippen LogP contribution in [0.25, 0.3) is 0 Å². The molecule has 0 aliphatic rings. The number of nitrogens with zero attached hydrogens (tertiary/aromatic N) is 1. The molecule has 16 heavy (non-hydrogen) atoms. The number of anilines is 1. The molecule has 0 spiro atoms. The number of benzene rings is 1. The molecule has 2 nitrogen and oxygen atoms in total. The van der Waals surface area contributed by atoms with Crippen molar-refractivity contribution in [2.75, 3.05) is 11.4 Å². The predicted molar refractivity (Wildman–Crippen MR) is 74.8 cm³/mol. The Balaban J connectivity index is 2.98. The van der Waals surface area contributed by atoms with E-state index in [1.807, 2.05) is 0 Å². The van der Waals surface area contributed by atoms with Gasteiger partial charge in [0.2, 0.25) is 0 Å². The highest BCUT2D eigenvalue weighted by molar-refractivity contribution is 9.10. The van der Waals surface area contributed by atoms with Crippen LogP contribution < -0.4 is 10.6 Å². The summed E-state index contributed by atoms with van der Waals surface area (Å²) in [5.41, 5.74) is 8.07. The molecule has 1 aromatic carbocycles. The van der Waals surface area contributed by atoms with E-state index in [0.717, 1.165) is 23.0 Å². The zero-order valence-corrected chi connectivity index (χ0v) is 11.9. The van der Waals surface area contributed by atoms with E-state index in [1.165, 1.54) is 5.69 Å². The van der Waals surface area contributed by atoms with E-state index in [-0.39, 0.29) is 0 Å². The molecule has 1 atom stereocenters. The Hall–Kier alpha value is -0.540. The molecular formula is C13H21BrN2. The summed E-state index contributed by atoms with van der Waals surface area (Å²) in [6.45, 7) is 8.28. The van der Waals surface area contributed by atoms with Crippen LogP contribution in [0.1, 0.15) is 32.8 Å². The maximum atomic E-state index is 5.65. The van der Waals surface area contributed by atoms with Gasteiger partial charge in [0.15, 0.2) is 0 Å². The molecule has 0 aliphatic heterocycles. The van der Waals surface area contributed by atoms with Gasteiger partial charge in [0.05, 0.1) is 0 Å². The Bertz CT molecular complexity index is 339. The van der Waals surface area contributed by atoms with E-state index < -0.39 is 0 Å². The first-order valence-corrected chi connectivity index (χ1v) is 6.68. The molecule has 0 heterocycles. The zero-order valence-electron chi connectivity index (χ0n) is 10.3. The van der Waals surface area contributed by atoms with Crippen molar-refractivity contribution in [1.82, 2.24) is 0 Å². The highest BCUT2D eigenvalue weighted by atomic mass is 79.9. The lowest BCUT2D eigenvalue weighted by Crippen LogP contribution is -2.32. The summed E-state index contributed by atoms with van der Waals surface area (Å²) in [7, 11) is 0. The van der Waals surface area contributed by atoms with Crippen molar-refractivity contribution in [3.63, 3.8) is 0 Å². The number of hydrogen-bond donors (Lipinski definition) is 1. The Morgan fingerprint density at radius 2 is 2.06 bits per heavy atom. The van der Waals surface area contributed by atoms with Gasteiger partial charge in [-0.25, -0.2) is 0 Å². The SMILES string of the molecule is CCC(C)N(CC)c1ccc(CN)c(Br)c1. The first-order chi connectivity index (χ1) is 7.63. The Morgan fingerprint density at radius 3 is 2.50 bits per heavy atom. The molecule has 0 aliphatic carbocycles. The molecule has 1 unspecified atom stereocenters. The molecule has 0 saturated heterocycles. The molecule has 1 aromatic rings. The zero-order chi connectivity index (χ0) is 12.1. The van der Waals surface area contributed by atoms with Gasteiger partial charge in [-0.3, -0.25) is 0 Å². The van der Waals surface area contributed by atoms with Crippen molar-refractivity contribution in [3.05, 3.63) is 28.2 Å². The van der Waals surface area contributed by atoms with Crippen LogP contribution in [-0.2, 0) is 6.54 Å². The van der Waals surface area contributed by atoms with E-state index in [2.05, 4.69) is 59.8 Å². The predicted octanol–water partition coefficient (Wildman–Crippen LogP) is 3.53. The lowest BCUT2D eigenvalue weighted by atomic mass is 10.1. The van der Waals surface area contributed by atoms with Crippen molar-refractivity contribution >= 4 is 21.6 Å². The fourth-order valence-corrected chi connectivity index (χ4v) is 2.38. The quantitative estimate of drug-likeness (QED) is 0.896. The van der Waals surface area contributed by atoms with Crippen molar-refractivity contribution in [2.45, 2.75) is 39.8 Å². The summed E-state index contributed by atoms with van der Waals surface area (Å²) in [6.07, 6.45) is 1.16. The molecule has 0 fully saturated rings. The van der Waals surface area contributed by atoms with Crippen LogP contribution in [-0.4, -0.2) is 12.6 Å². The summed E-state index contributed by atoms with van der Waals surface area (Å²) < 4.78 is 1.11. The molecule has 0 bridgehead atoms. The smallest absolute Gasteiger partial charge is 0.0380 e. The molecule has 1 rings (SSSR count). The lowest BCUT2D eigenvalue weighted by molar-refractivity contribution is 0.630. The van der Waals surface area contributed by atoms with Gasteiger partial charge < -0.3 is 10.6 Å². The molecule has 0 amide bonds. The summed E-state index contributed by atoms with van der Waals surface area (Å²) >= 11 is 3.57. The van der Waals surface area contributed by atoms with E-state index in [4.69, 9.17) is 5.73 Å². The lowest BCUT2D eigenvalue weighted by Gasteiger charge is -2.30. The third-order valence-electron chi connectivity index (χ3n) is 3.05. The maximum Gasteiger partial charge on any atom is 0.0380 e. The van der Waals surface area contributed by atoms with Crippen molar-refractivity contribution in [2.24, 2.45) is 5.73 Å². The number of nitrogens with two attached hydrogens (primary N) is 1. The minimum absolute atomic E-state index is 0.570.